The lowest BCUT2D eigenvalue weighted by Crippen LogP contribution is -2.37. The van der Waals surface area contributed by atoms with Gasteiger partial charge in [0.25, 0.3) is 0 Å². The van der Waals surface area contributed by atoms with Crippen molar-refractivity contribution in [3.63, 3.8) is 0 Å². The van der Waals surface area contributed by atoms with Crippen LogP contribution in [0.1, 0.15) is 54.4 Å². The first-order valence-corrected chi connectivity index (χ1v) is 5.50. The Kier molecular flexibility index (Phi) is 8.31. The fourth-order valence-corrected chi connectivity index (χ4v) is 1.97. The van der Waals surface area contributed by atoms with Crippen LogP contribution in [0.5, 0.6) is 0 Å². The lowest BCUT2D eigenvalue weighted by molar-refractivity contribution is -0.0401. The zero-order valence-electron chi connectivity index (χ0n) is 10.1. The highest BCUT2D eigenvalue weighted by Crippen LogP contribution is 2.31. The molecule has 0 saturated heterocycles. The van der Waals surface area contributed by atoms with E-state index in [0.717, 1.165) is 12.8 Å². The van der Waals surface area contributed by atoms with Crippen molar-refractivity contribution in [1.29, 1.82) is 0 Å². The average Bonchev–Trinajstić information content (AvgIpc) is 1.82. The second-order valence-electron chi connectivity index (χ2n) is 5.45. The molecule has 2 heteroatoms. The molecule has 0 aromatic rings. The predicted octanol–water partition coefficient (Wildman–Crippen LogP) is 2.28. The fourth-order valence-electron chi connectivity index (χ4n) is 1.97. The minimum atomic E-state index is -0.456. The maximum absolute atomic E-state index is 10.4. The molecular weight excluding hydrogens is 187 g/mol. The normalized spacial score (nSPS) is 12.4. The summed E-state index contributed by atoms with van der Waals surface area (Å²) >= 11 is 0. The molecule has 1 N–H and O–H groups in total. The van der Waals surface area contributed by atoms with Crippen molar-refractivity contribution in [2.75, 3.05) is 0 Å². The maximum Gasteiger partial charge on any atom is 0.187 e. The number of aliphatic hydroxyl groups is 1. The topological polar surface area (TPSA) is 20.2 Å². The third kappa shape index (κ3) is 6.07. The van der Waals surface area contributed by atoms with Crippen molar-refractivity contribution < 1.29 is 5.11 Å². The number of rotatable bonds is 5. The Balaban J connectivity index is 0. The van der Waals surface area contributed by atoms with E-state index in [1.165, 1.54) is 0 Å². The van der Waals surface area contributed by atoms with Crippen LogP contribution in [-0.4, -0.2) is 28.1 Å². The van der Waals surface area contributed by atoms with Gasteiger partial charge in [0.05, 0.1) is 5.60 Å². The zero-order valence-corrected chi connectivity index (χ0v) is 10.1. The second kappa shape index (κ2) is 6.88. The van der Waals surface area contributed by atoms with Crippen LogP contribution >= 0.6 is 0 Å². The molecule has 0 unspecified atom stereocenters. The summed E-state index contributed by atoms with van der Waals surface area (Å²) in [5.41, 5.74) is -0.456. The van der Waals surface area contributed by atoms with Gasteiger partial charge in [-0.3, -0.25) is 0 Å². The number of hydrogen-bond acceptors (Lipinski definition) is 1. The summed E-state index contributed by atoms with van der Waals surface area (Å²) in [6.45, 7) is 12.9. The Morgan fingerprint density at radius 2 is 1.14 bits per heavy atom. The Bertz CT molecular complexity index is 131. The smallest absolute Gasteiger partial charge is 0.187 e. The van der Waals surface area contributed by atoms with Crippen molar-refractivity contribution in [3.8, 4) is 0 Å². The molecule has 0 radical (unpaired) electrons. The molecule has 0 bridgehead atoms. The second-order valence-corrected chi connectivity index (χ2v) is 5.45. The van der Waals surface area contributed by atoms with Gasteiger partial charge in [0, 0.05) is 0 Å². The van der Waals surface area contributed by atoms with Crippen molar-refractivity contribution in [2.45, 2.75) is 60.0 Å². The van der Waals surface area contributed by atoms with Gasteiger partial charge in [0.2, 0.25) is 0 Å². The molecule has 0 aliphatic carbocycles. The average molecular weight is 216 g/mol. The zero-order chi connectivity index (χ0) is 10.6. The quantitative estimate of drug-likeness (QED) is 0.699. The molecule has 86 valence electrons. The molecule has 0 heterocycles. The van der Waals surface area contributed by atoms with Crippen LogP contribution in [0.3, 0.4) is 0 Å². The van der Waals surface area contributed by atoms with Crippen LogP contribution in [-0.2, 0) is 0 Å². The minimum absolute atomic E-state index is 0. The van der Waals surface area contributed by atoms with Gasteiger partial charge in [-0.25, -0.2) is 0 Å². The molecule has 0 rings (SSSR count). The van der Waals surface area contributed by atoms with Gasteiger partial charge in [0.1, 0.15) is 0 Å². The molecule has 0 aliphatic rings. The monoisotopic (exact) mass is 216 g/mol. The van der Waals surface area contributed by atoms with E-state index in [-0.39, 0.29) is 17.4 Å². The SMILES string of the molecule is CC(C)CC(O)(CC(C)C)C(C)C.[AlH3]. The first kappa shape index (κ1) is 16.9. The molecule has 0 fully saturated rings. The lowest BCUT2D eigenvalue weighted by Gasteiger charge is -2.35. The first-order chi connectivity index (χ1) is 5.78. The van der Waals surface area contributed by atoms with E-state index in [9.17, 15) is 5.11 Å². The molecule has 1 nitrogen and oxygen atoms in total. The van der Waals surface area contributed by atoms with Crippen LogP contribution in [0.25, 0.3) is 0 Å². The van der Waals surface area contributed by atoms with Crippen molar-refractivity contribution >= 4 is 17.4 Å². The molecule has 0 amide bonds. The van der Waals surface area contributed by atoms with E-state index in [2.05, 4.69) is 41.5 Å². The molecule has 0 spiro atoms. The van der Waals surface area contributed by atoms with Gasteiger partial charge in [-0.05, 0) is 30.6 Å². The fraction of sp³-hybridized carbons (Fsp3) is 1.00. The summed E-state index contributed by atoms with van der Waals surface area (Å²) in [5, 5.41) is 10.4. The predicted molar refractivity (Wildman–Crippen MR) is 68.6 cm³/mol. The third-order valence-electron chi connectivity index (χ3n) is 2.60. The highest BCUT2D eigenvalue weighted by atomic mass is 27.0. The summed E-state index contributed by atoms with van der Waals surface area (Å²) in [6.07, 6.45) is 1.84. The summed E-state index contributed by atoms with van der Waals surface area (Å²) in [5.74, 6) is 1.51. The van der Waals surface area contributed by atoms with Gasteiger partial charge in [-0.15, -0.1) is 0 Å². The highest BCUT2D eigenvalue weighted by molar-refractivity contribution is 5.75. The first-order valence-electron chi connectivity index (χ1n) is 5.50. The van der Waals surface area contributed by atoms with Crippen LogP contribution in [0, 0.1) is 17.8 Å². The van der Waals surface area contributed by atoms with Gasteiger partial charge < -0.3 is 5.11 Å². The number of hydrogen-bond donors (Lipinski definition) is 1. The van der Waals surface area contributed by atoms with Crippen molar-refractivity contribution in [2.24, 2.45) is 17.8 Å². The van der Waals surface area contributed by atoms with E-state index < -0.39 is 5.60 Å². The van der Waals surface area contributed by atoms with Crippen molar-refractivity contribution in [1.82, 2.24) is 0 Å². The van der Waals surface area contributed by atoms with E-state index in [4.69, 9.17) is 0 Å². The van der Waals surface area contributed by atoms with Gasteiger partial charge in [-0.2, -0.15) is 0 Å². The Labute approximate surface area is 100 Å². The van der Waals surface area contributed by atoms with Crippen LogP contribution in [0.2, 0.25) is 0 Å². The molecule has 0 saturated carbocycles. The lowest BCUT2D eigenvalue weighted by atomic mass is 9.77. The van der Waals surface area contributed by atoms with E-state index in [1.54, 1.807) is 0 Å². The van der Waals surface area contributed by atoms with Gasteiger partial charge in [-0.1, -0.05) is 41.5 Å². The standard InChI is InChI=1S/C12H26O.Al.3H/c1-9(2)7-12(13,11(5)6)8-10(3)4;;;;/h9-11,13H,7-8H2,1-6H3;;;;. The van der Waals surface area contributed by atoms with Crippen LogP contribution < -0.4 is 0 Å². The van der Waals surface area contributed by atoms with Crippen molar-refractivity contribution in [3.05, 3.63) is 0 Å². The van der Waals surface area contributed by atoms with Crippen LogP contribution in [0.4, 0.5) is 0 Å². The Hall–Kier alpha value is 0.492. The Morgan fingerprint density at radius 3 is 1.29 bits per heavy atom. The third-order valence-corrected chi connectivity index (χ3v) is 2.60. The summed E-state index contributed by atoms with van der Waals surface area (Å²) in [6, 6.07) is 0. The molecule has 0 aromatic heterocycles. The van der Waals surface area contributed by atoms with E-state index in [1.807, 2.05) is 0 Å². The van der Waals surface area contributed by atoms with Gasteiger partial charge in [0.15, 0.2) is 17.4 Å². The van der Waals surface area contributed by atoms with E-state index in [0.29, 0.717) is 17.8 Å². The van der Waals surface area contributed by atoms with Crippen LogP contribution in [0.15, 0.2) is 0 Å². The molecule has 0 atom stereocenters. The summed E-state index contributed by atoms with van der Waals surface area (Å²) < 4.78 is 0. The molecular formula is C12H29AlO. The highest BCUT2D eigenvalue weighted by Gasteiger charge is 2.32. The van der Waals surface area contributed by atoms with E-state index >= 15 is 0 Å². The molecule has 14 heavy (non-hydrogen) atoms. The minimum Gasteiger partial charge on any atom is -0.390 e. The molecule has 0 aliphatic heterocycles. The Morgan fingerprint density at radius 1 is 0.857 bits per heavy atom. The summed E-state index contributed by atoms with van der Waals surface area (Å²) in [4.78, 5) is 0. The van der Waals surface area contributed by atoms with Gasteiger partial charge >= 0.3 is 0 Å². The molecule has 0 aromatic carbocycles. The largest absolute Gasteiger partial charge is 0.390 e. The summed E-state index contributed by atoms with van der Waals surface area (Å²) in [7, 11) is 0. The maximum atomic E-state index is 10.4.